The van der Waals surface area contributed by atoms with Gasteiger partial charge >= 0.3 is 0 Å². The summed E-state index contributed by atoms with van der Waals surface area (Å²) >= 11 is 6.10. The quantitative estimate of drug-likeness (QED) is 0.772. The van der Waals surface area contributed by atoms with Crippen molar-refractivity contribution in [3.8, 4) is 0 Å². The Morgan fingerprint density at radius 2 is 1.76 bits per heavy atom. The number of carbonyl (C=O) groups excluding carboxylic acids is 2. The van der Waals surface area contributed by atoms with E-state index >= 15 is 0 Å². The summed E-state index contributed by atoms with van der Waals surface area (Å²) in [6, 6.07) is 15.9. The number of hydrogen-bond donors (Lipinski definition) is 0. The van der Waals surface area contributed by atoms with Crippen LogP contribution in [0.25, 0.3) is 0 Å². The van der Waals surface area contributed by atoms with E-state index in [9.17, 15) is 9.59 Å². The molecular formula is C23H26ClN3O2. The number of nitrogens with zero attached hydrogens (tertiary/aromatic N) is 3. The van der Waals surface area contributed by atoms with Crippen molar-refractivity contribution in [1.82, 2.24) is 4.90 Å². The highest BCUT2D eigenvalue weighted by atomic mass is 35.5. The van der Waals surface area contributed by atoms with Gasteiger partial charge in [0.1, 0.15) is 0 Å². The van der Waals surface area contributed by atoms with Gasteiger partial charge in [-0.2, -0.15) is 0 Å². The third-order valence-corrected chi connectivity index (χ3v) is 6.13. The van der Waals surface area contributed by atoms with Crippen molar-refractivity contribution >= 4 is 34.8 Å². The first kappa shape index (κ1) is 19.8. The predicted octanol–water partition coefficient (Wildman–Crippen LogP) is 3.60. The smallest absolute Gasteiger partial charge is 0.228 e. The molecule has 0 N–H and O–H groups in total. The second kappa shape index (κ2) is 8.46. The second-order valence-electron chi connectivity index (χ2n) is 7.72. The largest absolute Gasteiger partial charge is 0.368 e. The average molecular weight is 412 g/mol. The maximum atomic E-state index is 13.0. The Kier molecular flexibility index (Phi) is 5.76. The van der Waals surface area contributed by atoms with Gasteiger partial charge in [0.2, 0.25) is 11.8 Å². The Hall–Kier alpha value is -2.53. The number of benzene rings is 2. The number of rotatable bonds is 4. The minimum atomic E-state index is -0.258. The lowest BCUT2D eigenvalue weighted by atomic mass is 10.1. The van der Waals surface area contributed by atoms with E-state index in [0.717, 1.165) is 35.9 Å². The van der Waals surface area contributed by atoms with Gasteiger partial charge in [-0.3, -0.25) is 9.59 Å². The summed E-state index contributed by atoms with van der Waals surface area (Å²) in [6.07, 6.45) is 1.26. The van der Waals surface area contributed by atoms with Crippen LogP contribution in [0, 0.1) is 5.92 Å². The van der Waals surface area contributed by atoms with E-state index in [1.54, 1.807) is 4.90 Å². The molecule has 0 saturated carbocycles. The summed E-state index contributed by atoms with van der Waals surface area (Å²) in [5.74, 6) is -0.131. The zero-order valence-corrected chi connectivity index (χ0v) is 17.4. The minimum absolute atomic E-state index is 0.0326. The molecule has 2 heterocycles. The standard InChI is InChI=1S/C23H26ClN3O2/c1-2-17-6-8-20(9-7-17)27-16-18(14-22(27)28)23(29)26-12-10-25(11-13-26)21-5-3-4-19(24)15-21/h3-9,15,18H,2,10-14,16H2,1H3. The Labute approximate surface area is 176 Å². The lowest BCUT2D eigenvalue weighted by Crippen LogP contribution is -2.50. The van der Waals surface area contributed by atoms with Gasteiger partial charge in [-0.05, 0) is 42.3 Å². The first-order valence-electron chi connectivity index (χ1n) is 10.2. The zero-order chi connectivity index (χ0) is 20.4. The van der Waals surface area contributed by atoms with Crippen LogP contribution >= 0.6 is 11.6 Å². The van der Waals surface area contributed by atoms with Crippen LogP contribution in [0.3, 0.4) is 0 Å². The molecule has 4 rings (SSSR count). The number of halogens is 1. The number of amides is 2. The number of carbonyl (C=O) groups is 2. The van der Waals surface area contributed by atoms with Gasteiger partial charge < -0.3 is 14.7 Å². The summed E-state index contributed by atoms with van der Waals surface area (Å²) < 4.78 is 0. The molecule has 2 amide bonds. The van der Waals surface area contributed by atoms with E-state index in [0.29, 0.717) is 26.1 Å². The van der Waals surface area contributed by atoms with Crippen LogP contribution in [-0.2, 0) is 16.0 Å². The molecule has 2 saturated heterocycles. The van der Waals surface area contributed by atoms with E-state index in [1.165, 1.54) is 5.56 Å². The Morgan fingerprint density at radius 1 is 1.03 bits per heavy atom. The summed E-state index contributed by atoms with van der Waals surface area (Å²) in [5, 5.41) is 0.720. The molecule has 0 aliphatic carbocycles. The molecule has 6 heteroatoms. The maximum absolute atomic E-state index is 13.0. The molecule has 2 aliphatic rings. The number of hydrogen-bond acceptors (Lipinski definition) is 3. The van der Waals surface area contributed by atoms with Gasteiger partial charge in [0.05, 0.1) is 5.92 Å². The molecule has 0 aromatic heterocycles. The van der Waals surface area contributed by atoms with Crippen LogP contribution in [-0.4, -0.2) is 49.4 Å². The molecule has 2 fully saturated rings. The van der Waals surface area contributed by atoms with Crippen molar-refractivity contribution in [2.45, 2.75) is 19.8 Å². The van der Waals surface area contributed by atoms with E-state index in [2.05, 4.69) is 11.8 Å². The van der Waals surface area contributed by atoms with Crippen LogP contribution in [0.4, 0.5) is 11.4 Å². The van der Waals surface area contributed by atoms with Crippen LogP contribution in [0.5, 0.6) is 0 Å². The van der Waals surface area contributed by atoms with E-state index < -0.39 is 0 Å². The van der Waals surface area contributed by atoms with Crippen molar-refractivity contribution < 1.29 is 9.59 Å². The van der Waals surface area contributed by atoms with Gasteiger partial charge in [0.15, 0.2) is 0 Å². The highest BCUT2D eigenvalue weighted by molar-refractivity contribution is 6.30. The summed E-state index contributed by atoms with van der Waals surface area (Å²) in [4.78, 5) is 31.5. The molecule has 1 unspecified atom stereocenters. The third kappa shape index (κ3) is 4.25. The van der Waals surface area contributed by atoms with Gasteiger partial charge in [-0.25, -0.2) is 0 Å². The fourth-order valence-corrected chi connectivity index (χ4v) is 4.33. The van der Waals surface area contributed by atoms with Crippen molar-refractivity contribution in [2.24, 2.45) is 5.92 Å². The SMILES string of the molecule is CCc1ccc(N2CC(C(=O)N3CCN(c4cccc(Cl)c4)CC3)CC2=O)cc1. The molecule has 1 atom stereocenters. The van der Waals surface area contributed by atoms with Crippen LogP contribution in [0.2, 0.25) is 5.02 Å². The topological polar surface area (TPSA) is 43.9 Å². The highest BCUT2D eigenvalue weighted by Crippen LogP contribution is 2.28. The molecule has 2 aromatic rings. The number of anilines is 2. The van der Waals surface area contributed by atoms with Crippen molar-refractivity contribution in [3.05, 3.63) is 59.1 Å². The van der Waals surface area contributed by atoms with Gasteiger partial charge in [0, 0.05) is 55.5 Å². The fraction of sp³-hybridized carbons (Fsp3) is 0.391. The number of aryl methyl sites for hydroxylation is 1. The molecule has 2 aromatic carbocycles. The lowest BCUT2D eigenvalue weighted by Gasteiger charge is -2.37. The first-order chi connectivity index (χ1) is 14.0. The second-order valence-corrected chi connectivity index (χ2v) is 8.15. The Bertz CT molecular complexity index is 891. The summed E-state index contributed by atoms with van der Waals surface area (Å²) in [6.45, 7) is 5.46. The van der Waals surface area contributed by atoms with Gasteiger partial charge in [-0.1, -0.05) is 36.7 Å². The van der Waals surface area contributed by atoms with Gasteiger partial charge in [0.25, 0.3) is 0 Å². The van der Waals surface area contributed by atoms with E-state index in [4.69, 9.17) is 11.6 Å². The Morgan fingerprint density at radius 3 is 2.41 bits per heavy atom. The molecule has 0 spiro atoms. The van der Waals surface area contributed by atoms with E-state index in [-0.39, 0.29) is 17.7 Å². The molecular weight excluding hydrogens is 386 g/mol. The highest BCUT2D eigenvalue weighted by Gasteiger charge is 2.37. The fourth-order valence-electron chi connectivity index (χ4n) is 4.15. The van der Waals surface area contributed by atoms with Crippen molar-refractivity contribution in [1.29, 1.82) is 0 Å². The summed E-state index contributed by atoms with van der Waals surface area (Å²) in [7, 11) is 0. The summed E-state index contributed by atoms with van der Waals surface area (Å²) in [5.41, 5.74) is 3.21. The van der Waals surface area contributed by atoms with Gasteiger partial charge in [-0.15, -0.1) is 0 Å². The molecule has 0 radical (unpaired) electrons. The molecule has 152 valence electrons. The van der Waals surface area contributed by atoms with Crippen LogP contribution in [0.1, 0.15) is 18.9 Å². The molecule has 0 bridgehead atoms. The molecule has 29 heavy (non-hydrogen) atoms. The van der Waals surface area contributed by atoms with Crippen molar-refractivity contribution in [3.63, 3.8) is 0 Å². The molecule has 5 nitrogen and oxygen atoms in total. The normalized spacial score (nSPS) is 19.7. The third-order valence-electron chi connectivity index (χ3n) is 5.90. The minimum Gasteiger partial charge on any atom is -0.368 e. The van der Waals surface area contributed by atoms with Crippen LogP contribution < -0.4 is 9.80 Å². The van der Waals surface area contributed by atoms with E-state index in [1.807, 2.05) is 53.4 Å². The average Bonchev–Trinajstić information content (AvgIpc) is 3.15. The monoisotopic (exact) mass is 411 g/mol. The number of piperazine rings is 1. The Balaban J connectivity index is 1.36. The maximum Gasteiger partial charge on any atom is 0.228 e. The first-order valence-corrected chi connectivity index (χ1v) is 10.6. The van der Waals surface area contributed by atoms with Crippen molar-refractivity contribution in [2.75, 3.05) is 42.5 Å². The predicted molar refractivity (Wildman–Crippen MR) is 117 cm³/mol. The zero-order valence-electron chi connectivity index (χ0n) is 16.7. The molecule has 2 aliphatic heterocycles. The van der Waals surface area contributed by atoms with Crippen LogP contribution in [0.15, 0.2) is 48.5 Å². The lowest BCUT2D eigenvalue weighted by molar-refractivity contribution is -0.136.